The highest BCUT2D eigenvalue weighted by Gasteiger charge is 2.21. The highest BCUT2D eigenvalue weighted by atomic mass is 127. The normalized spacial score (nSPS) is 12.0. The van der Waals surface area contributed by atoms with Crippen LogP contribution in [0.15, 0.2) is 15.7 Å². The molecule has 0 radical (unpaired) electrons. The zero-order chi connectivity index (χ0) is 16.2. The van der Waals surface area contributed by atoms with Crippen LogP contribution in [-0.2, 0) is 18.5 Å². The molecular formula is C14H23IN6OS. The SMILES string of the molecule is CN=C(NCc1noc(C(C)(C)C)n1)NCc1ncc(C)s1.I. The molecule has 0 bridgehead atoms. The summed E-state index contributed by atoms with van der Waals surface area (Å²) in [5.41, 5.74) is -0.145. The smallest absolute Gasteiger partial charge is 0.232 e. The first kappa shape index (κ1) is 19.8. The summed E-state index contributed by atoms with van der Waals surface area (Å²) in [7, 11) is 1.72. The third-order valence-electron chi connectivity index (χ3n) is 2.82. The lowest BCUT2D eigenvalue weighted by Gasteiger charge is -2.10. The number of hydrogen-bond acceptors (Lipinski definition) is 6. The molecule has 0 amide bonds. The summed E-state index contributed by atoms with van der Waals surface area (Å²) < 4.78 is 5.26. The van der Waals surface area contributed by atoms with E-state index in [9.17, 15) is 0 Å². The number of thiazole rings is 1. The van der Waals surface area contributed by atoms with Gasteiger partial charge in [-0.15, -0.1) is 35.3 Å². The second kappa shape index (κ2) is 8.57. The van der Waals surface area contributed by atoms with Gasteiger partial charge in [0.25, 0.3) is 0 Å². The van der Waals surface area contributed by atoms with Gasteiger partial charge in [-0.1, -0.05) is 25.9 Å². The minimum Gasteiger partial charge on any atom is -0.350 e. The zero-order valence-electron chi connectivity index (χ0n) is 14.0. The fourth-order valence-corrected chi connectivity index (χ4v) is 2.38. The van der Waals surface area contributed by atoms with Crippen molar-refractivity contribution < 1.29 is 4.52 Å². The molecule has 2 aromatic heterocycles. The Labute approximate surface area is 157 Å². The highest BCUT2D eigenvalue weighted by Crippen LogP contribution is 2.19. The Morgan fingerprint density at radius 2 is 2.00 bits per heavy atom. The van der Waals surface area contributed by atoms with Gasteiger partial charge < -0.3 is 15.2 Å². The van der Waals surface area contributed by atoms with Crippen LogP contribution in [0, 0.1) is 6.92 Å². The molecule has 0 unspecified atom stereocenters. The zero-order valence-corrected chi connectivity index (χ0v) is 17.2. The molecule has 2 rings (SSSR count). The number of guanidine groups is 1. The van der Waals surface area contributed by atoms with Crippen LogP contribution in [0.1, 0.15) is 42.4 Å². The van der Waals surface area contributed by atoms with Gasteiger partial charge in [-0.3, -0.25) is 4.99 Å². The number of aliphatic imine (C=N–C) groups is 1. The minimum absolute atomic E-state index is 0. The average molecular weight is 450 g/mol. The summed E-state index contributed by atoms with van der Waals surface area (Å²) in [4.78, 5) is 14.0. The van der Waals surface area contributed by atoms with Gasteiger partial charge in [-0.2, -0.15) is 4.98 Å². The largest absolute Gasteiger partial charge is 0.350 e. The van der Waals surface area contributed by atoms with E-state index < -0.39 is 0 Å². The lowest BCUT2D eigenvalue weighted by atomic mass is 9.97. The molecule has 9 heteroatoms. The monoisotopic (exact) mass is 450 g/mol. The van der Waals surface area contributed by atoms with Crippen LogP contribution in [0.3, 0.4) is 0 Å². The molecule has 7 nitrogen and oxygen atoms in total. The van der Waals surface area contributed by atoms with Crippen molar-refractivity contribution in [3.63, 3.8) is 0 Å². The molecule has 2 aromatic rings. The van der Waals surface area contributed by atoms with Crippen molar-refractivity contribution in [3.05, 3.63) is 27.8 Å². The van der Waals surface area contributed by atoms with E-state index in [2.05, 4.69) is 30.8 Å². The Morgan fingerprint density at radius 3 is 2.52 bits per heavy atom. The van der Waals surface area contributed by atoms with Gasteiger partial charge in [0.1, 0.15) is 5.01 Å². The first-order chi connectivity index (χ1) is 10.4. The van der Waals surface area contributed by atoms with Crippen LogP contribution in [-0.4, -0.2) is 28.1 Å². The first-order valence-corrected chi connectivity index (χ1v) is 7.89. The number of aromatic nitrogens is 3. The van der Waals surface area contributed by atoms with Crippen LogP contribution >= 0.6 is 35.3 Å². The van der Waals surface area contributed by atoms with Crippen molar-refractivity contribution >= 4 is 41.3 Å². The van der Waals surface area contributed by atoms with Gasteiger partial charge in [0.2, 0.25) is 5.89 Å². The second-order valence-electron chi connectivity index (χ2n) is 5.91. The number of rotatable bonds is 4. The van der Waals surface area contributed by atoms with Crippen LogP contribution in [0.4, 0.5) is 0 Å². The van der Waals surface area contributed by atoms with Gasteiger partial charge >= 0.3 is 0 Å². The molecule has 128 valence electrons. The molecular weight excluding hydrogens is 427 g/mol. The molecule has 0 atom stereocenters. The van der Waals surface area contributed by atoms with E-state index in [1.165, 1.54) is 4.88 Å². The molecule has 2 N–H and O–H groups in total. The Bertz CT molecular complexity index is 646. The van der Waals surface area contributed by atoms with E-state index in [-0.39, 0.29) is 29.4 Å². The van der Waals surface area contributed by atoms with Crippen molar-refractivity contribution in [2.45, 2.75) is 46.2 Å². The fraction of sp³-hybridized carbons (Fsp3) is 0.571. The highest BCUT2D eigenvalue weighted by molar-refractivity contribution is 14.0. The molecule has 0 aliphatic heterocycles. The number of nitrogens with zero attached hydrogens (tertiary/aromatic N) is 4. The number of hydrogen-bond donors (Lipinski definition) is 2. The summed E-state index contributed by atoms with van der Waals surface area (Å²) in [6.45, 7) is 9.24. The molecule has 0 fully saturated rings. The number of aryl methyl sites for hydroxylation is 1. The molecule has 0 spiro atoms. The van der Waals surface area contributed by atoms with Crippen molar-refractivity contribution in [1.82, 2.24) is 25.8 Å². The van der Waals surface area contributed by atoms with Gasteiger partial charge in [0.05, 0.1) is 13.1 Å². The van der Waals surface area contributed by atoms with Crippen molar-refractivity contribution in [2.24, 2.45) is 4.99 Å². The lowest BCUT2D eigenvalue weighted by Crippen LogP contribution is -2.36. The summed E-state index contributed by atoms with van der Waals surface area (Å²) in [5, 5.41) is 11.4. The quantitative estimate of drug-likeness (QED) is 0.423. The maximum absolute atomic E-state index is 5.26. The summed E-state index contributed by atoms with van der Waals surface area (Å²) in [5.74, 6) is 1.92. The van der Waals surface area contributed by atoms with Crippen LogP contribution in [0.5, 0.6) is 0 Å². The third kappa shape index (κ3) is 6.05. The van der Waals surface area contributed by atoms with Gasteiger partial charge in [-0.05, 0) is 6.92 Å². The van der Waals surface area contributed by atoms with Gasteiger partial charge in [-0.25, -0.2) is 4.98 Å². The molecule has 2 heterocycles. The minimum atomic E-state index is -0.145. The number of nitrogens with one attached hydrogen (secondary N) is 2. The van der Waals surface area contributed by atoms with E-state index in [0.717, 1.165) is 5.01 Å². The molecule has 0 aliphatic rings. The van der Waals surface area contributed by atoms with E-state index >= 15 is 0 Å². The lowest BCUT2D eigenvalue weighted by molar-refractivity contribution is 0.318. The fourth-order valence-electron chi connectivity index (χ4n) is 1.66. The molecule has 23 heavy (non-hydrogen) atoms. The molecule has 0 saturated carbocycles. The van der Waals surface area contributed by atoms with Crippen LogP contribution < -0.4 is 10.6 Å². The second-order valence-corrected chi connectivity index (χ2v) is 7.23. The molecule has 0 aliphatic carbocycles. The maximum Gasteiger partial charge on any atom is 0.232 e. The van der Waals surface area contributed by atoms with Crippen LogP contribution in [0.25, 0.3) is 0 Å². The van der Waals surface area contributed by atoms with E-state index in [1.807, 2.05) is 33.9 Å². The number of halogens is 1. The Morgan fingerprint density at radius 1 is 1.30 bits per heavy atom. The van der Waals surface area contributed by atoms with E-state index in [0.29, 0.717) is 30.8 Å². The Hall–Kier alpha value is -1.23. The standard InChI is InChI=1S/C14H22N6OS.HI/c1-9-6-16-11(22-9)8-18-13(15-5)17-7-10-19-12(21-20-10)14(2,3)4;/h6H,7-8H2,1-5H3,(H2,15,17,18);1H. The van der Waals surface area contributed by atoms with Gasteiger partial charge in [0.15, 0.2) is 11.8 Å². The predicted molar refractivity (Wildman–Crippen MR) is 102 cm³/mol. The maximum atomic E-state index is 5.26. The Kier molecular flexibility index (Phi) is 7.39. The van der Waals surface area contributed by atoms with E-state index in [1.54, 1.807) is 18.4 Å². The molecule has 0 aromatic carbocycles. The molecule has 0 saturated heterocycles. The summed E-state index contributed by atoms with van der Waals surface area (Å²) >= 11 is 1.66. The van der Waals surface area contributed by atoms with Crippen molar-refractivity contribution in [1.29, 1.82) is 0 Å². The van der Waals surface area contributed by atoms with Crippen molar-refractivity contribution in [3.8, 4) is 0 Å². The third-order valence-corrected chi connectivity index (χ3v) is 3.74. The summed E-state index contributed by atoms with van der Waals surface area (Å²) in [6, 6.07) is 0. The van der Waals surface area contributed by atoms with Gasteiger partial charge in [0, 0.05) is 23.5 Å². The van der Waals surface area contributed by atoms with Crippen LogP contribution in [0.2, 0.25) is 0 Å². The predicted octanol–water partition coefficient (Wildman–Crippen LogP) is 2.62. The topological polar surface area (TPSA) is 88.2 Å². The van der Waals surface area contributed by atoms with Crippen molar-refractivity contribution in [2.75, 3.05) is 7.05 Å². The van der Waals surface area contributed by atoms with E-state index in [4.69, 9.17) is 4.52 Å². The summed E-state index contributed by atoms with van der Waals surface area (Å²) in [6.07, 6.45) is 1.87. The Balaban J connectivity index is 0.00000264. The average Bonchev–Trinajstić information content (AvgIpc) is 3.07. The first-order valence-electron chi connectivity index (χ1n) is 7.07.